The van der Waals surface area contributed by atoms with Crippen LogP contribution in [0.15, 0.2) is 54.2 Å². The largest absolute Gasteiger partial charge is 0.484 e. The fourth-order valence-corrected chi connectivity index (χ4v) is 2.43. The highest BCUT2D eigenvalue weighted by Gasteiger charge is 2.29. The molecule has 0 bridgehead atoms. The molecular weight excluding hydrogens is 346 g/mol. The molecule has 0 aromatic heterocycles. The summed E-state index contributed by atoms with van der Waals surface area (Å²) in [6, 6.07) is 13.9. The van der Waals surface area contributed by atoms with Crippen molar-refractivity contribution in [3.8, 4) is 5.75 Å². The van der Waals surface area contributed by atoms with Gasteiger partial charge in [0.15, 0.2) is 6.61 Å². The Hall–Kier alpha value is -3.61. The van der Waals surface area contributed by atoms with Crippen molar-refractivity contribution in [1.29, 1.82) is 0 Å². The van der Waals surface area contributed by atoms with E-state index in [-0.39, 0.29) is 24.1 Å². The predicted molar refractivity (Wildman–Crippen MR) is 101 cm³/mol. The SMILES string of the molecule is Cc1ccc(NC(=O)COc2ccc(/C=C3/NC(=O)N(C)C3=O)cc2)cc1. The number of carbonyl (C=O) groups is 3. The zero-order valence-corrected chi connectivity index (χ0v) is 15.0. The highest BCUT2D eigenvalue weighted by atomic mass is 16.5. The van der Waals surface area contributed by atoms with E-state index >= 15 is 0 Å². The molecule has 0 spiro atoms. The second-order valence-electron chi connectivity index (χ2n) is 6.12. The molecule has 7 heteroatoms. The minimum atomic E-state index is -0.453. The van der Waals surface area contributed by atoms with Gasteiger partial charge in [-0.1, -0.05) is 29.8 Å². The molecule has 1 aliphatic heterocycles. The fraction of sp³-hybridized carbons (Fsp3) is 0.150. The van der Waals surface area contributed by atoms with Crippen molar-refractivity contribution in [3.63, 3.8) is 0 Å². The maximum Gasteiger partial charge on any atom is 0.328 e. The summed E-state index contributed by atoms with van der Waals surface area (Å²) >= 11 is 0. The monoisotopic (exact) mass is 365 g/mol. The number of likely N-dealkylation sites (N-methyl/N-ethyl adjacent to an activating group) is 1. The molecule has 3 rings (SSSR count). The first-order valence-corrected chi connectivity index (χ1v) is 8.32. The predicted octanol–water partition coefficient (Wildman–Crippen LogP) is 2.54. The fourth-order valence-electron chi connectivity index (χ4n) is 2.43. The summed E-state index contributed by atoms with van der Waals surface area (Å²) in [5, 5.41) is 5.25. The van der Waals surface area contributed by atoms with Gasteiger partial charge in [0.2, 0.25) is 0 Å². The van der Waals surface area contributed by atoms with Gasteiger partial charge in [0, 0.05) is 12.7 Å². The van der Waals surface area contributed by atoms with Gasteiger partial charge in [-0.2, -0.15) is 0 Å². The number of ether oxygens (including phenoxy) is 1. The number of benzene rings is 2. The first-order chi connectivity index (χ1) is 12.9. The van der Waals surface area contributed by atoms with Crippen LogP contribution in [0.4, 0.5) is 10.5 Å². The molecule has 0 saturated carbocycles. The third-order valence-corrected chi connectivity index (χ3v) is 3.98. The van der Waals surface area contributed by atoms with Gasteiger partial charge >= 0.3 is 6.03 Å². The Bertz CT molecular complexity index is 902. The first-order valence-electron chi connectivity index (χ1n) is 8.32. The molecule has 27 heavy (non-hydrogen) atoms. The van der Waals surface area contributed by atoms with Gasteiger partial charge in [-0.05, 0) is 42.8 Å². The van der Waals surface area contributed by atoms with Gasteiger partial charge in [-0.15, -0.1) is 0 Å². The summed E-state index contributed by atoms with van der Waals surface area (Å²) in [5.74, 6) is -0.115. The average Bonchev–Trinajstić information content (AvgIpc) is 2.90. The molecule has 1 saturated heterocycles. The van der Waals surface area contributed by atoms with E-state index in [9.17, 15) is 14.4 Å². The van der Waals surface area contributed by atoms with Crippen LogP contribution in [0.25, 0.3) is 6.08 Å². The van der Waals surface area contributed by atoms with Gasteiger partial charge in [0.25, 0.3) is 11.8 Å². The molecule has 1 fully saturated rings. The van der Waals surface area contributed by atoms with E-state index in [0.717, 1.165) is 16.0 Å². The van der Waals surface area contributed by atoms with Crippen molar-refractivity contribution < 1.29 is 19.1 Å². The molecule has 0 aliphatic carbocycles. The summed E-state index contributed by atoms with van der Waals surface area (Å²) in [6.45, 7) is 1.86. The van der Waals surface area contributed by atoms with Crippen LogP contribution in [0.2, 0.25) is 0 Å². The Labute approximate surface area is 156 Å². The van der Waals surface area contributed by atoms with E-state index < -0.39 is 6.03 Å². The van der Waals surface area contributed by atoms with Gasteiger partial charge in [0.1, 0.15) is 11.4 Å². The van der Waals surface area contributed by atoms with Crippen LogP contribution in [0.3, 0.4) is 0 Å². The zero-order valence-electron chi connectivity index (χ0n) is 15.0. The summed E-state index contributed by atoms with van der Waals surface area (Å²) in [6.07, 6.45) is 1.58. The number of aryl methyl sites for hydroxylation is 1. The van der Waals surface area contributed by atoms with E-state index in [1.165, 1.54) is 7.05 Å². The Kier molecular flexibility index (Phi) is 5.21. The smallest absolute Gasteiger partial charge is 0.328 e. The lowest BCUT2D eigenvalue weighted by atomic mass is 10.2. The van der Waals surface area contributed by atoms with Crippen LogP contribution >= 0.6 is 0 Å². The molecule has 0 unspecified atom stereocenters. The summed E-state index contributed by atoms with van der Waals surface area (Å²) < 4.78 is 5.47. The maximum atomic E-state index is 11.9. The quantitative estimate of drug-likeness (QED) is 0.630. The number of nitrogens with one attached hydrogen (secondary N) is 2. The number of anilines is 1. The van der Waals surface area contributed by atoms with E-state index in [0.29, 0.717) is 11.4 Å². The van der Waals surface area contributed by atoms with Crippen molar-refractivity contribution >= 4 is 29.6 Å². The van der Waals surface area contributed by atoms with E-state index in [1.54, 1.807) is 30.3 Å². The number of urea groups is 1. The number of amides is 4. The standard InChI is InChI=1S/C20H19N3O4/c1-13-3-7-15(8-4-13)21-18(24)12-27-16-9-5-14(6-10-16)11-17-19(25)23(2)20(26)22-17/h3-11H,12H2,1-2H3,(H,21,24)(H,22,26)/b17-11+. The highest BCUT2D eigenvalue weighted by molar-refractivity contribution is 6.13. The third kappa shape index (κ3) is 4.52. The molecule has 2 N–H and O–H groups in total. The molecule has 138 valence electrons. The summed E-state index contributed by atoms with van der Waals surface area (Å²) in [5.41, 5.74) is 2.77. The number of nitrogens with zero attached hydrogens (tertiary/aromatic N) is 1. The van der Waals surface area contributed by atoms with Crippen molar-refractivity contribution in [1.82, 2.24) is 10.2 Å². The Morgan fingerprint density at radius 3 is 2.37 bits per heavy atom. The lowest BCUT2D eigenvalue weighted by Gasteiger charge is -2.08. The molecule has 2 aromatic carbocycles. The van der Waals surface area contributed by atoms with Gasteiger partial charge in [-0.3, -0.25) is 14.5 Å². The zero-order chi connectivity index (χ0) is 19.4. The average molecular weight is 365 g/mol. The normalized spacial score (nSPS) is 15.0. The minimum absolute atomic E-state index is 0.117. The molecule has 0 atom stereocenters. The molecule has 1 aliphatic rings. The van der Waals surface area contributed by atoms with Crippen molar-refractivity contribution in [3.05, 3.63) is 65.4 Å². The Balaban J connectivity index is 1.55. The van der Waals surface area contributed by atoms with Gasteiger partial charge in [0.05, 0.1) is 0 Å². The van der Waals surface area contributed by atoms with Gasteiger partial charge in [-0.25, -0.2) is 4.79 Å². The lowest BCUT2D eigenvalue weighted by molar-refractivity contribution is -0.122. The Morgan fingerprint density at radius 1 is 1.11 bits per heavy atom. The molecule has 7 nitrogen and oxygen atoms in total. The van der Waals surface area contributed by atoms with Crippen LogP contribution in [0, 0.1) is 6.92 Å². The van der Waals surface area contributed by atoms with Crippen LogP contribution in [-0.4, -0.2) is 36.4 Å². The number of hydrogen-bond donors (Lipinski definition) is 2. The molecule has 4 amide bonds. The van der Waals surface area contributed by atoms with E-state index in [4.69, 9.17) is 4.74 Å². The summed E-state index contributed by atoms with van der Waals surface area (Å²) in [4.78, 5) is 36.2. The number of rotatable bonds is 5. The number of imide groups is 1. The maximum absolute atomic E-state index is 11.9. The Morgan fingerprint density at radius 2 is 1.78 bits per heavy atom. The van der Waals surface area contributed by atoms with E-state index in [2.05, 4.69) is 10.6 Å². The van der Waals surface area contributed by atoms with Crippen molar-refractivity contribution in [2.75, 3.05) is 19.0 Å². The van der Waals surface area contributed by atoms with Crippen molar-refractivity contribution in [2.45, 2.75) is 6.92 Å². The van der Waals surface area contributed by atoms with Crippen LogP contribution in [0.1, 0.15) is 11.1 Å². The van der Waals surface area contributed by atoms with Gasteiger partial charge < -0.3 is 15.4 Å². The second-order valence-corrected chi connectivity index (χ2v) is 6.12. The lowest BCUT2D eigenvalue weighted by Crippen LogP contribution is -2.25. The first kappa shape index (κ1) is 18.2. The minimum Gasteiger partial charge on any atom is -0.484 e. The molecular formula is C20H19N3O4. The van der Waals surface area contributed by atoms with Crippen LogP contribution < -0.4 is 15.4 Å². The van der Waals surface area contributed by atoms with Crippen LogP contribution in [0.5, 0.6) is 5.75 Å². The second kappa shape index (κ2) is 7.74. The highest BCUT2D eigenvalue weighted by Crippen LogP contribution is 2.17. The summed E-state index contributed by atoms with van der Waals surface area (Å²) in [7, 11) is 1.41. The number of carbonyl (C=O) groups excluding carboxylic acids is 3. The van der Waals surface area contributed by atoms with Crippen molar-refractivity contribution in [2.24, 2.45) is 0 Å². The van der Waals surface area contributed by atoms with Crippen LogP contribution in [-0.2, 0) is 9.59 Å². The topological polar surface area (TPSA) is 87.7 Å². The number of hydrogen-bond acceptors (Lipinski definition) is 4. The molecule has 2 aromatic rings. The van der Waals surface area contributed by atoms with E-state index in [1.807, 2.05) is 31.2 Å². The molecule has 1 heterocycles. The molecule has 0 radical (unpaired) electrons. The third-order valence-electron chi connectivity index (χ3n) is 3.98.